The van der Waals surface area contributed by atoms with Crippen molar-refractivity contribution in [1.82, 2.24) is 14.8 Å². The third kappa shape index (κ3) is 2.13. The van der Waals surface area contributed by atoms with Gasteiger partial charge in [-0.3, -0.25) is 0 Å². The van der Waals surface area contributed by atoms with Gasteiger partial charge in [-0.1, -0.05) is 18.5 Å². The quantitative estimate of drug-likeness (QED) is 0.834. The molecule has 17 heavy (non-hydrogen) atoms. The number of aromatic nitrogens is 3. The van der Waals surface area contributed by atoms with Gasteiger partial charge in [-0.25, -0.2) is 9.67 Å². The minimum atomic E-state index is 0.380. The highest BCUT2D eigenvalue weighted by atomic mass is 35.5. The molecule has 0 aromatic carbocycles. The average Bonchev–Trinajstić information content (AvgIpc) is 2.52. The topological polar surface area (TPSA) is 56.7 Å². The summed E-state index contributed by atoms with van der Waals surface area (Å²) >= 11 is 5.90. The van der Waals surface area contributed by atoms with Gasteiger partial charge in [0.1, 0.15) is 5.15 Å². The van der Waals surface area contributed by atoms with Gasteiger partial charge in [0.15, 0.2) is 5.82 Å². The summed E-state index contributed by atoms with van der Waals surface area (Å²) in [6.07, 6.45) is 0.952. The molecule has 0 aliphatic heterocycles. The number of pyridine rings is 1. The predicted molar refractivity (Wildman–Crippen MR) is 69.6 cm³/mol. The number of aryl methyl sites for hydroxylation is 1. The molecule has 0 saturated heterocycles. The Morgan fingerprint density at radius 1 is 1.35 bits per heavy atom. The highest BCUT2D eigenvalue weighted by molar-refractivity contribution is 6.29. The molecule has 2 aromatic rings. The molecular formula is C12H15ClN4. The lowest BCUT2D eigenvalue weighted by Crippen LogP contribution is -2.03. The van der Waals surface area contributed by atoms with Crippen molar-refractivity contribution in [1.29, 1.82) is 0 Å². The highest BCUT2D eigenvalue weighted by Crippen LogP contribution is 2.20. The lowest BCUT2D eigenvalue weighted by molar-refractivity contribution is 0.806. The highest BCUT2D eigenvalue weighted by Gasteiger charge is 2.12. The molecule has 0 atom stereocenters. The maximum absolute atomic E-state index is 5.90. The van der Waals surface area contributed by atoms with Gasteiger partial charge in [-0.2, -0.15) is 5.10 Å². The fourth-order valence-corrected chi connectivity index (χ4v) is 2.23. The molecule has 0 spiro atoms. The molecule has 0 radical (unpaired) electrons. The fourth-order valence-electron chi connectivity index (χ4n) is 2.02. The zero-order valence-corrected chi connectivity index (χ0v) is 10.9. The Morgan fingerprint density at radius 2 is 2.06 bits per heavy atom. The number of hydrogen-bond acceptors (Lipinski definition) is 3. The largest absolute Gasteiger partial charge is 0.399 e. The Bertz CT molecular complexity index is 540. The van der Waals surface area contributed by atoms with Gasteiger partial charge in [-0.05, 0) is 31.9 Å². The van der Waals surface area contributed by atoms with Crippen LogP contribution in [0.5, 0.6) is 0 Å². The first-order valence-corrected chi connectivity index (χ1v) is 5.89. The van der Waals surface area contributed by atoms with E-state index in [1.165, 1.54) is 5.56 Å². The Kier molecular flexibility index (Phi) is 3.07. The molecule has 0 amide bonds. The van der Waals surface area contributed by atoms with Crippen LogP contribution in [0, 0.1) is 13.8 Å². The summed E-state index contributed by atoms with van der Waals surface area (Å²) in [6, 6.07) is 3.39. The third-order valence-electron chi connectivity index (χ3n) is 2.81. The smallest absolute Gasteiger partial charge is 0.157 e. The van der Waals surface area contributed by atoms with Gasteiger partial charge in [0.05, 0.1) is 5.69 Å². The average molecular weight is 251 g/mol. The second-order valence-corrected chi connectivity index (χ2v) is 4.38. The number of hydrogen-bond donors (Lipinski definition) is 1. The maximum Gasteiger partial charge on any atom is 0.157 e. The number of anilines is 1. The van der Waals surface area contributed by atoms with Crippen LogP contribution >= 0.6 is 11.6 Å². The summed E-state index contributed by atoms with van der Waals surface area (Å²) in [6.45, 7) is 6.13. The van der Waals surface area contributed by atoms with Crippen molar-refractivity contribution in [3.8, 4) is 5.82 Å². The summed E-state index contributed by atoms with van der Waals surface area (Å²) in [5, 5.41) is 4.85. The van der Waals surface area contributed by atoms with Crippen molar-refractivity contribution < 1.29 is 0 Å². The molecule has 0 aliphatic carbocycles. The molecule has 0 aliphatic rings. The van der Waals surface area contributed by atoms with Crippen LogP contribution in [-0.2, 0) is 6.42 Å². The van der Waals surface area contributed by atoms with E-state index < -0.39 is 0 Å². The standard InChI is InChI=1S/C12H15ClN4/c1-4-10-7(2)16-17(8(10)3)12-6-9(14)5-11(13)15-12/h5-6H,4H2,1-3H3,(H2,14,15). The van der Waals surface area contributed by atoms with E-state index in [4.69, 9.17) is 17.3 Å². The van der Waals surface area contributed by atoms with Crippen molar-refractivity contribution >= 4 is 17.3 Å². The Hall–Kier alpha value is -1.55. The molecule has 90 valence electrons. The van der Waals surface area contributed by atoms with E-state index in [1.807, 2.05) is 13.8 Å². The first-order chi connectivity index (χ1) is 8.02. The second-order valence-electron chi connectivity index (χ2n) is 4.00. The van der Waals surface area contributed by atoms with E-state index in [2.05, 4.69) is 17.0 Å². The molecule has 2 N–H and O–H groups in total. The zero-order valence-electron chi connectivity index (χ0n) is 10.2. The van der Waals surface area contributed by atoms with Gasteiger partial charge in [-0.15, -0.1) is 0 Å². The summed E-state index contributed by atoms with van der Waals surface area (Å²) in [7, 11) is 0. The zero-order chi connectivity index (χ0) is 12.6. The normalized spacial score (nSPS) is 10.8. The van der Waals surface area contributed by atoms with Crippen LogP contribution in [0.3, 0.4) is 0 Å². The van der Waals surface area contributed by atoms with Crippen molar-refractivity contribution in [2.45, 2.75) is 27.2 Å². The third-order valence-corrected chi connectivity index (χ3v) is 3.01. The summed E-state index contributed by atoms with van der Waals surface area (Å²) in [5.74, 6) is 0.662. The van der Waals surface area contributed by atoms with Gasteiger partial charge in [0.25, 0.3) is 0 Å². The number of halogens is 1. The monoisotopic (exact) mass is 250 g/mol. The molecule has 0 bridgehead atoms. The number of nitrogens with two attached hydrogens (primary N) is 1. The lowest BCUT2D eigenvalue weighted by Gasteiger charge is -2.05. The van der Waals surface area contributed by atoms with E-state index in [0.717, 1.165) is 17.8 Å². The van der Waals surface area contributed by atoms with Gasteiger partial charge < -0.3 is 5.73 Å². The van der Waals surface area contributed by atoms with E-state index in [-0.39, 0.29) is 0 Å². The Balaban J connectivity index is 2.60. The number of rotatable bonds is 2. The summed E-state index contributed by atoms with van der Waals surface area (Å²) < 4.78 is 1.79. The molecule has 0 unspecified atom stereocenters. The molecule has 2 heterocycles. The number of nitrogen functional groups attached to an aromatic ring is 1. The van der Waals surface area contributed by atoms with E-state index >= 15 is 0 Å². The summed E-state index contributed by atoms with van der Waals surface area (Å²) in [5.41, 5.74) is 9.69. The second kappa shape index (κ2) is 4.37. The van der Waals surface area contributed by atoms with Crippen LogP contribution in [0.15, 0.2) is 12.1 Å². The predicted octanol–water partition coefficient (Wildman–Crippen LogP) is 2.68. The van der Waals surface area contributed by atoms with E-state index in [1.54, 1.807) is 16.8 Å². The van der Waals surface area contributed by atoms with Crippen LogP contribution < -0.4 is 5.73 Å². The SMILES string of the molecule is CCc1c(C)nn(-c2cc(N)cc(Cl)n2)c1C. The minimum Gasteiger partial charge on any atom is -0.399 e. The lowest BCUT2D eigenvalue weighted by atomic mass is 10.1. The minimum absolute atomic E-state index is 0.380. The van der Waals surface area contributed by atoms with Crippen molar-refractivity contribution in [3.05, 3.63) is 34.2 Å². The molecule has 2 aromatic heterocycles. The molecule has 4 nitrogen and oxygen atoms in total. The van der Waals surface area contributed by atoms with Crippen LogP contribution in [0.25, 0.3) is 5.82 Å². The fraction of sp³-hybridized carbons (Fsp3) is 0.333. The maximum atomic E-state index is 5.90. The molecule has 5 heteroatoms. The van der Waals surface area contributed by atoms with Gasteiger partial charge in [0, 0.05) is 17.4 Å². The molecular weight excluding hydrogens is 236 g/mol. The summed E-state index contributed by atoms with van der Waals surface area (Å²) in [4.78, 5) is 4.24. The van der Waals surface area contributed by atoms with Crippen LogP contribution in [0.4, 0.5) is 5.69 Å². The van der Waals surface area contributed by atoms with Crippen molar-refractivity contribution in [3.63, 3.8) is 0 Å². The van der Waals surface area contributed by atoms with E-state index in [9.17, 15) is 0 Å². The first-order valence-electron chi connectivity index (χ1n) is 5.51. The van der Waals surface area contributed by atoms with Gasteiger partial charge in [0.2, 0.25) is 0 Å². The Morgan fingerprint density at radius 3 is 2.59 bits per heavy atom. The van der Waals surface area contributed by atoms with E-state index in [0.29, 0.717) is 16.7 Å². The van der Waals surface area contributed by atoms with Crippen molar-refractivity contribution in [2.75, 3.05) is 5.73 Å². The van der Waals surface area contributed by atoms with Crippen LogP contribution in [0.2, 0.25) is 5.15 Å². The first kappa shape index (κ1) is 11.9. The van der Waals surface area contributed by atoms with Crippen molar-refractivity contribution in [2.24, 2.45) is 0 Å². The Labute approximate surface area is 105 Å². The number of nitrogens with zero attached hydrogens (tertiary/aromatic N) is 3. The molecule has 0 saturated carbocycles. The molecule has 0 fully saturated rings. The van der Waals surface area contributed by atoms with Gasteiger partial charge >= 0.3 is 0 Å². The van der Waals surface area contributed by atoms with Crippen LogP contribution in [0.1, 0.15) is 23.9 Å². The molecule has 2 rings (SSSR count). The van der Waals surface area contributed by atoms with Crippen LogP contribution in [-0.4, -0.2) is 14.8 Å².